The molecule has 1 aliphatic rings. The Balaban J connectivity index is 2.00. The Bertz CT molecular complexity index is 735. The molecule has 116 valence electrons. The molecule has 1 aliphatic carbocycles. The number of primary amides is 1. The van der Waals surface area contributed by atoms with Crippen LogP contribution in [0.5, 0.6) is 5.75 Å². The van der Waals surface area contributed by atoms with Gasteiger partial charge in [0.05, 0.1) is 7.11 Å². The highest BCUT2D eigenvalue weighted by atomic mass is 16.6. The number of aryl methyl sites for hydroxylation is 1. The molecule has 3 rings (SSSR count). The average Bonchev–Trinajstić information content (AvgIpc) is 3.04. The molecule has 22 heavy (non-hydrogen) atoms. The van der Waals surface area contributed by atoms with E-state index in [1.807, 2.05) is 18.2 Å². The van der Waals surface area contributed by atoms with E-state index in [9.17, 15) is 9.59 Å². The van der Waals surface area contributed by atoms with E-state index < -0.39 is 5.97 Å². The van der Waals surface area contributed by atoms with E-state index in [-0.39, 0.29) is 18.4 Å². The van der Waals surface area contributed by atoms with Crippen LogP contribution >= 0.6 is 0 Å². The number of rotatable bonds is 5. The van der Waals surface area contributed by atoms with Gasteiger partial charge >= 0.3 is 5.97 Å². The number of hydrogen-bond donors (Lipinski definition) is 2. The average molecular weight is 302 g/mol. The number of methoxy groups -OCH3 is 1. The molecular weight excluding hydrogens is 284 g/mol. The molecule has 0 radical (unpaired) electrons. The molecule has 1 aromatic heterocycles. The first-order valence-corrected chi connectivity index (χ1v) is 7.21. The molecule has 1 amide bonds. The van der Waals surface area contributed by atoms with Crippen LogP contribution in [0.25, 0.3) is 10.9 Å². The predicted octanol–water partition coefficient (Wildman–Crippen LogP) is 1.62. The molecule has 0 fully saturated rings. The summed E-state index contributed by atoms with van der Waals surface area (Å²) in [4.78, 5) is 25.9. The largest absolute Gasteiger partial charge is 0.481 e. The minimum absolute atomic E-state index is 0.101. The van der Waals surface area contributed by atoms with Gasteiger partial charge in [0.25, 0.3) is 0 Å². The third-order valence-corrected chi connectivity index (χ3v) is 4.08. The number of H-pyrrole nitrogens is 1. The summed E-state index contributed by atoms with van der Waals surface area (Å²) in [6, 6.07) is 5.64. The molecule has 6 heteroatoms. The maximum atomic E-state index is 11.3. The zero-order chi connectivity index (χ0) is 15.7. The fourth-order valence-electron chi connectivity index (χ4n) is 3.17. The number of nitrogens with one attached hydrogen (secondary N) is 1. The van der Waals surface area contributed by atoms with Gasteiger partial charge in [-0.3, -0.25) is 4.79 Å². The standard InChI is InChI=1S/C16H18N2O4/c1-21-14(20)8-22-12-4-2-3-10-16(12)15-9(7-13(17)19)5-6-11(15)18-10/h2-4,9,18H,5-8H2,1H3,(H2,17,19). The number of hydrogen-bond acceptors (Lipinski definition) is 4. The van der Waals surface area contributed by atoms with Crippen LogP contribution < -0.4 is 10.5 Å². The number of benzene rings is 1. The van der Waals surface area contributed by atoms with Gasteiger partial charge in [-0.05, 0) is 36.5 Å². The van der Waals surface area contributed by atoms with E-state index in [4.69, 9.17) is 10.5 Å². The molecule has 2 aromatic rings. The Hall–Kier alpha value is -2.50. The number of carbonyl (C=O) groups excluding carboxylic acids is 2. The zero-order valence-corrected chi connectivity index (χ0v) is 12.3. The number of esters is 1. The van der Waals surface area contributed by atoms with Gasteiger partial charge < -0.3 is 20.2 Å². The van der Waals surface area contributed by atoms with E-state index in [1.54, 1.807) is 0 Å². The summed E-state index contributed by atoms with van der Waals surface area (Å²) in [5, 5.41) is 0.935. The minimum Gasteiger partial charge on any atom is -0.481 e. The summed E-state index contributed by atoms with van der Waals surface area (Å²) >= 11 is 0. The van der Waals surface area contributed by atoms with Crippen molar-refractivity contribution in [3.05, 3.63) is 29.5 Å². The van der Waals surface area contributed by atoms with Crippen molar-refractivity contribution in [1.82, 2.24) is 4.98 Å². The summed E-state index contributed by atoms with van der Waals surface area (Å²) in [5.41, 5.74) is 8.51. The van der Waals surface area contributed by atoms with Crippen LogP contribution in [-0.4, -0.2) is 30.6 Å². The van der Waals surface area contributed by atoms with E-state index >= 15 is 0 Å². The molecule has 0 saturated heterocycles. The smallest absolute Gasteiger partial charge is 0.343 e. The molecule has 0 spiro atoms. The summed E-state index contributed by atoms with van der Waals surface area (Å²) in [6.45, 7) is -0.143. The number of fused-ring (bicyclic) bond motifs is 3. The van der Waals surface area contributed by atoms with Gasteiger partial charge in [0.15, 0.2) is 6.61 Å². The van der Waals surface area contributed by atoms with Crippen molar-refractivity contribution in [3.8, 4) is 5.75 Å². The normalized spacial score (nSPS) is 16.5. The third kappa shape index (κ3) is 2.52. The first-order chi connectivity index (χ1) is 10.6. The quantitative estimate of drug-likeness (QED) is 0.821. The Labute approximate surface area is 127 Å². The monoisotopic (exact) mass is 302 g/mol. The lowest BCUT2D eigenvalue weighted by atomic mass is 9.96. The third-order valence-electron chi connectivity index (χ3n) is 4.08. The summed E-state index contributed by atoms with van der Waals surface area (Å²) in [6.07, 6.45) is 2.11. The van der Waals surface area contributed by atoms with E-state index in [0.29, 0.717) is 12.2 Å². The number of carbonyl (C=O) groups is 2. The molecule has 0 aliphatic heterocycles. The van der Waals surface area contributed by atoms with Crippen molar-refractivity contribution in [3.63, 3.8) is 0 Å². The lowest BCUT2D eigenvalue weighted by Gasteiger charge is -2.11. The highest BCUT2D eigenvalue weighted by molar-refractivity contribution is 5.92. The Morgan fingerprint density at radius 1 is 1.41 bits per heavy atom. The van der Waals surface area contributed by atoms with Crippen molar-refractivity contribution in [1.29, 1.82) is 0 Å². The van der Waals surface area contributed by atoms with Gasteiger partial charge in [0.2, 0.25) is 5.91 Å². The topological polar surface area (TPSA) is 94.4 Å². The second-order valence-corrected chi connectivity index (χ2v) is 5.47. The molecule has 1 unspecified atom stereocenters. The second kappa shape index (κ2) is 5.71. The zero-order valence-electron chi connectivity index (χ0n) is 12.3. The first kappa shape index (κ1) is 14.4. The van der Waals surface area contributed by atoms with Crippen molar-refractivity contribution in [2.24, 2.45) is 5.73 Å². The minimum atomic E-state index is -0.433. The lowest BCUT2D eigenvalue weighted by molar-refractivity contribution is -0.142. The number of ether oxygens (including phenoxy) is 2. The maximum absolute atomic E-state index is 11.3. The number of nitrogens with two attached hydrogens (primary N) is 1. The van der Waals surface area contributed by atoms with Crippen molar-refractivity contribution in [2.75, 3.05) is 13.7 Å². The summed E-state index contributed by atoms with van der Waals surface area (Å²) < 4.78 is 10.2. The van der Waals surface area contributed by atoms with Crippen molar-refractivity contribution >= 4 is 22.8 Å². The molecular formula is C16H18N2O4. The molecule has 6 nitrogen and oxygen atoms in total. The Kier molecular flexibility index (Phi) is 3.75. The number of aromatic amines is 1. The van der Waals surface area contributed by atoms with Crippen LogP contribution in [0.4, 0.5) is 0 Å². The van der Waals surface area contributed by atoms with Crippen molar-refractivity contribution < 1.29 is 19.1 Å². The maximum Gasteiger partial charge on any atom is 0.343 e. The van der Waals surface area contributed by atoms with Crippen LogP contribution in [0, 0.1) is 0 Å². The fraction of sp³-hybridized carbons (Fsp3) is 0.375. The summed E-state index contributed by atoms with van der Waals surface area (Å²) in [7, 11) is 1.32. The Morgan fingerprint density at radius 3 is 2.95 bits per heavy atom. The van der Waals surface area contributed by atoms with E-state index in [1.165, 1.54) is 7.11 Å². The predicted molar refractivity (Wildman–Crippen MR) is 80.7 cm³/mol. The molecule has 3 N–H and O–H groups in total. The fourth-order valence-corrected chi connectivity index (χ4v) is 3.17. The van der Waals surface area contributed by atoms with Crippen LogP contribution in [0.15, 0.2) is 18.2 Å². The van der Waals surface area contributed by atoms with Gasteiger partial charge in [-0.25, -0.2) is 4.79 Å². The number of amides is 1. The van der Waals surface area contributed by atoms with Crippen LogP contribution in [0.1, 0.15) is 30.0 Å². The van der Waals surface area contributed by atoms with Gasteiger partial charge in [-0.2, -0.15) is 0 Å². The molecule has 0 bridgehead atoms. The van der Waals surface area contributed by atoms with Gasteiger partial charge in [0, 0.05) is 23.0 Å². The van der Waals surface area contributed by atoms with Gasteiger partial charge in [0.1, 0.15) is 5.75 Å². The highest BCUT2D eigenvalue weighted by Gasteiger charge is 2.29. The highest BCUT2D eigenvalue weighted by Crippen LogP contribution is 2.43. The van der Waals surface area contributed by atoms with Crippen LogP contribution in [0.2, 0.25) is 0 Å². The van der Waals surface area contributed by atoms with E-state index in [2.05, 4.69) is 9.72 Å². The molecule has 1 heterocycles. The Morgan fingerprint density at radius 2 is 2.23 bits per heavy atom. The second-order valence-electron chi connectivity index (χ2n) is 5.47. The van der Waals surface area contributed by atoms with Crippen LogP contribution in [0.3, 0.4) is 0 Å². The first-order valence-electron chi connectivity index (χ1n) is 7.21. The van der Waals surface area contributed by atoms with Gasteiger partial charge in [-0.1, -0.05) is 6.07 Å². The molecule has 1 atom stereocenters. The lowest BCUT2D eigenvalue weighted by Crippen LogP contribution is -2.14. The molecule has 1 aromatic carbocycles. The van der Waals surface area contributed by atoms with Crippen molar-refractivity contribution in [2.45, 2.75) is 25.2 Å². The SMILES string of the molecule is COC(=O)COc1cccc2[nH]c3c(c12)C(CC(N)=O)CC3. The number of aromatic nitrogens is 1. The van der Waals surface area contributed by atoms with Gasteiger partial charge in [-0.15, -0.1) is 0 Å². The molecule has 0 saturated carbocycles. The van der Waals surface area contributed by atoms with E-state index in [0.717, 1.165) is 35.0 Å². The summed E-state index contributed by atoms with van der Waals surface area (Å²) in [5.74, 6) is -0.0149. The van der Waals surface area contributed by atoms with Crippen LogP contribution in [-0.2, 0) is 20.7 Å².